The van der Waals surface area contributed by atoms with Crippen LogP contribution in [0.25, 0.3) is 10.8 Å². The van der Waals surface area contributed by atoms with Crippen molar-refractivity contribution in [1.29, 1.82) is 0 Å². The first-order valence-corrected chi connectivity index (χ1v) is 7.07. The molecule has 0 atom stereocenters. The van der Waals surface area contributed by atoms with Crippen LogP contribution in [0, 0.1) is 5.82 Å². The summed E-state index contributed by atoms with van der Waals surface area (Å²) in [5.74, 6) is 0.746. The maximum Gasteiger partial charge on any atom is 0.126 e. The van der Waals surface area contributed by atoms with Crippen molar-refractivity contribution in [3.63, 3.8) is 0 Å². The summed E-state index contributed by atoms with van der Waals surface area (Å²) in [7, 11) is 1.68. The number of hydrogen-bond donors (Lipinski definition) is 0. The van der Waals surface area contributed by atoms with E-state index in [4.69, 9.17) is 4.74 Å². The molecule has 0 heterocycles. The van der Waals surface area contributed by atoms with E-state index in [2.05, 4.69) is 18.2 Å². The zero-order valence-corrected chi connectivity index (χ0v) is 12.0. The summed E-state index contributed by atoms with van der Waals surface area (Å²) in [6.07, 6.45) is 1.51. The third kappa shape index (κ3) is 2.75. The summed E-state index contributed by atoms with van der Waals surface area (Å²) in [6, 6.07) is 19.2. The minimum absolute atomic E-state index is 0.129. The van der Waals surface area contributed by atoms with Gasteiger partial charge in [-0.15, -0.1) is 0 Å². The SMILES string of the molecule is COc1ccc(CCc2ccccc2F)c2ccccc12. The molecule has 1 nitrogen and oxygen atoms in total. The van der Waals surface area contributed by atoms with Gasteiger partial charge in [-0.2, -0.15) is 0 Å². The molecule has 3 rings (SSSR count). The van der Waals surface area contributed by atoms with Crippen molar-refractivity contribution in [2.75, 3.05) is 7.11 Å². The Morgan fingerprint density at radius 1 is 0.762 bits per heavy atom. The lowest BCUT2D eigenvalue weighted by Crippen LogP contribution is -1.96. The van der Waals surface area contributed by atoms with Crippen LogP contribution in [0.1, 0.15) is 11.1 Å². The van der Waals surface area contributed by atoms with E-state index in [1.807, 2.05) is 30.3 Å². The van der Waals surface area contributed by atoms with Gasteiger partial charge in [0.25, 0.3) is 0 Å². The molecular weight excluding hydrogens is 263 g/mol. The third-order valence-corrected chi connectivity index (χ3v) is 3.82. The Bertz CT molecular complexity index is 764. The van der Waals surface area contributed by atoms with Gasteiger partial charge < -0.3 is 4.74 Å². The Hall–Kier alpha value is -2.35. The number of ether oxygens (including phenoxy) is 1. The van der Waals surface area contributed by atoms with Crippen molar-refractivity contribution in [2.24, 2.45) is 0 Å². The Labute approximate surface area is 124 Å². The first-order chi connectivity index (χ1) is 10.3. The quantitative estimate of drug-likeness (QED) is 0.668. The van der Waals surface area contributed by atoms with Gasteiger partial charge in [-0.1, -0.05) is 48.5 Å². The maximum absolute atomic E-state index is 13.7. The second-order valence-corrected chi connectivity index (χ2v) is 5.06. The molecule has 0 bridgehead atoms. The number of benzene rings is 3. The molecular formula is C19H17FO. The zero-order chi connectivity index (χ0) is 14.7. The molecule has 3 aromatic rings. The Balaban J connectivity index is 1.93. The van der Waals surface area contributed by atoms with Gasteiger partial charge >= 0.3 is 0 Å². The van der Waals surface area contributed by atoms with Crippen LogP contribution in [0.4, 0.5) is 4.39 Å². The van der Waals surface area contributed by atoms with Crippen molar-refractivity contribution in [2.45, 2.75) is 12.8 Å². The fourth-order valence-corrected chi connectivity index (χ4v) is 2.70. The summed E-state index contributed by atoms with van der Waals surface area (Å²) in [4.78, 5) is 0. The number of halogens is 1. The van der Waals surface area contributed by atoms with Crippen molar-refractivity contribution in [3.8, 4) is 5.75 Å². The molecule has 0 spiro atoms. The van der Waals surface area contributed by atoms with Gasteiger partial charge in [0.05, 0.1) is 7.11 Å². The number of fused-ring (bicyclic) bond motifs is 1. The van der Waals surface area contributed by atoms with Gasteiger partial charge in [-0.05, 0) is 41.5 Å². The van der Waals surface area contributed by atoms with Crippen LogP contribution in [0.15, 0.2) is 60.7 Å². The predicted molar refractivity (Wildman–Crippen MR) is 84.3 cm³/mol. The van der Waals surface area contributed by atoms with E-state index in [0.717, 1.165) is 23.1 Å². The van der Waals surface area contributed by atoms with E-state index in [1.54, 1.807) is 13.2 Å². The molecule has 0 aliphatic heterocycles. The summed E-state index contributed by atoms with van der Waals surface area (Å²) < 4.78 is 19.1. The van der Waals surface area contributed by atoms with Crippen LogP contribution in [0.5, 0.6) is 5.75 Å². The molecule has 0 N–H and O–H groups in total. The molecule has 0 saturated carbocycles. The van der Waals surface area contributed by atoms with Crippen LogP contribution in [0.3, 0.4) is 0 Å². The van der Waals surface area contributed by atoms with E-state index in [-0.39, 0.29) is 5.82 Å². The molecule has 0 aliphatic rings. The summed E-state index contributed by atoms with van der Waals surface area (Å²) >= 11 is 0. The lowest BCUT2D eigenvalue weighted by Gasteiger charge is -2.10. The van der Waals surface area contributed by atoms with Gasteiger partial charge in [-0.3, -0.25) is 0 Å². The highest BCUT2D eigenvalue weighted by molar-refractivity contribution is 5.91. The standard InChI is InChI=1S/C19H17FO/c1-21-19-13-12-14(16-7-3-4-8-17(16)19)10-11-15-6-2-5-9-18(15)20/h2-9,12-13H,10-11H2,1H3. The smallest absolute Gasteiger partial charge is 0.126 e. The highest BCUT2D eigenvalue weighted by atomic mass is 19.1. The molecule has 0 aromatic heterocycles. The first-order valence-electron chi connectivity index (χ1n) is 7.07. The van der Waals surface area contributed by atoms with E-state index in [1.165, 1.54) is 17.0 Å². The minimum atomic E-state index is -0.129. The average Bonchev–Trinajstić information content (AvgIpc) is 2.54. The lowest BCUT2D eigenvalue weighted by molar-refractivity contribution is 0.419. The van der Waals surface area contributed by atoms with Gasteiger partial charge in [0.1, 0.15) is 11.6 Å². The number of rotatable bonds is 4. The zero-order valence-electron chi connectivity index (χ0n) is 12.0. The van der Waals surface area contributed by atoms with Crippen molar-refractivity contribution in [1.82, 2.24) is 0 Å². The van der Waals surface area contributed by atoms with Crippen molar-refractivity contribution < 1.29 is 9.13 Å². The average molecular weight is 280 g/mol. The molecule has 0 saturated heterocycles. The Morgan fingerprint density at radius 2 is 1.43 bits per heavy atom. The minimum Gasteiger partial charge on any atom is -0.496 e. The van der Waals surface area contributed by atoms with E-state index < -0.39 is 0 Å². The molecule has 21 heavy (non-hydrogen) atoms. The second kappa shape index (κ2) is 5.96. The molecule has 0 fully saturated rings. The van der Waals surface area contributed by atoms with E-state index in [0.29, 0.717) is 6.42 Å². The molecule has 0 aliphatic carbocycles. The normalized spacial score (nSPS) is 10.8. The number of hydrogen-bond acceptors (Lipinski definition) is 1. The van der Waals surface area contributed by atoms with Crippen LogP contribution in [0.2, 0.25) is 0 Å². The Kier molecular flexibility index (Phi) is 3.87. The van der Waals surface area contributed by atoms with Crippen molar-refractivity contribution >= 4 is 10.8 Å². The van der Waals surface area contributed by atoms with Gasteiger partial charge in [0, 0.05) is 5.39 Å². The van der Waals surface area contributed by atoms with Crippen LogP contribution in [-0.4, -0.2) is 7.11 Å². The van der Waals surface area contributed by atoms with Crippen LogP contribution >= 0.6 is 0 Å². The summed E-state index contributed by atoms with van der Waals surface area (Å²) in [6.45, 7) is 0. The summed E-state index contributed by atoms with van der Waals surface area (Å²) in [5, 5.41) is 2.28. The van der Waals surface area contributed by atoms with Crippen molar-refractivity contribution in [3.05, 3.63) is 77.6 Å². The van der Waals surface area contributed by atoms with Gasteiger partial charge in [0.15, 0.2) is 0 Å². The molecule has 0 unspecified atom stereocenters. The molecule has 0 radical (unpaired) electrons. The van der Waals surface area contributed by atoms with Crippen LogP contribution < -0.4 is 4.74 Å². The van der Waals surface area contributed by atoms with E-state index >= 15 is 0 Å². The van der Waals surface area contributed by atoms with Gasteiger partial charge in [0.2, 0.25) is 0 Å². The first kappa shape index (κ1) is 13.6. The fourth-order valence-electron chi connectivity index (χ4n) is 2.70. The largest absolute Gasteiger partial charge is 0.496 e. The summed E-state index contributed by atoms with van der Waals surface area (Å²) in [5.41, 5.74) is 1.98. The molecule has 106 valence electrons. The number of aryl methyl sites for hydroxylation is 2. The van der Waals surface area contributed by atoms with Crippen LogP contribution in [-0.2, 0) is 12.8 Å². The molecule has 2 heteroatoms. The fraction of sp³-hybridized carbons (Fsp3) is 0.158. The highest BCUT2D eigenvalue weighted by Crippen LogP contribution is 2.29. The maximum atomic E-state index is 13.7. The lowest BCUT2D eigenvalue weighted by atomic mass is 9.98. The second-order valence-electron chi connectivity index (χ2n) is 5.06. The van der Waals surface area contributed by atoms with E-state index in [9.17, 15) is 4.39 Å². The van der Waals surface area contributed by atoms with Gasteiger partial charge in [-0.25, -0.2) is 4.39 Å². The predicted octanol–water partition coefficient (Wildman–Crippen LogP) is 4.77. The highest BCUT2D eigenvalue weighted by Gasteiger charge is 2.07. The molecule has 0 amide bonds. The molecule has 3 aromatic carbocycles. The monoisotopic (exact) mass is 280 g/mol. The topological polar surface area (TPSA) is 9.23 Å². The number of methoxy groups -OCH3 is 1. The third-order valence-electron chi connectivity index (χ3n) is 3.82. The Morgan fingerprint density at radius 3 is 2.19 bits per heavy atom.